The number of alkyl halides is 3. The summed E-state index contributed by atoms with van der Waals surface area (Å²) in [5.41, 5.74) is -1.32. The largest absolute Gasteiger partial charge is 0.490 e. The second-order valence-electron chi connectivity index (χ2n) is 5.50. The number of aromatic nitrogens is 2. The Bertz CT molecular complexity index is 554. The summed E-state index contributed by atoms with van der Waals surface area (Å²) in [6.07, 6.45) is -2.18. The molecule has 0 aliphatic carbocycles. The van der Waals surface area contributed by atoms with Crippen molar-refractivity contribution in [1.29, 1.82) is 0 Å². The van der Waals surface area contributed by atoms with Crippen molar-refractivity contribution >= 4 is 5.97 Å². The first kappa shape index (κ1) is 15.0. The molecule has 2 fully saturated rings. The van der Waals surface area contributed by atoms with Gasteiger partial charge in [0.2, 0.25) is 5.88 Å². The Morgan fingerprint density at radius 2 is 2.27 bits per heavy atom. The highest BCUT2D eigenvalue weighted by molar-refractivity contribution is 5.76. The van der Waals surface area contributed by atoms with Crippen LogP contribution in [0.2, 0.25) is 0 Å². The Balaban J connectivity index is 1.69. The van der Waals surface area contributed by atoms with Gasteiger partial charge in [-0.05, 0) is 12.5 Å². The second kappa shape index (κ2) is 5.38. The molecular weight excluding hydrogens is 303 g/mol. The summed E-state index contributed by atoms with van der Waals surface area (Å²) in [7, 11) is 0. The number of esters is 1. The van der Waals surface area contributed by atoms with E-state index >= 15 is 0 Å². The standard InChI is InChI=1S/C13H14F3N3O3/c14-13(15,16)11(20)22-12-4-3-8(18-12)6-9(7-12)21-10-2-1-5-17-19-10/h1-2,5,8-9,18H,3-4,6-7H2/t8-,9+,12+/m0/s1. The summed E-state index contributed by atoms with van der Waals surface area (Å²) in [5, 5.41) is 10.4. The van der Waals surface area contributed by atoms with Gasteiger partial charge in [0, 0.05) is 37.6 Å². The Hall–Kier alpha value is -1.90. The lowest BCUT2D eigenvalue weighted by Gasteiger charge is -2.38. The predicted molar refractivity (Wildman–Crippen MR) is 66.7 cm³/mol. The third-order valence-electron chi connectivity index (χ3n) is 3.82. The van der Waals surface area contributed by atoms with E-state index in [-0.39, 0.29) is 18.6 Å². The van der Waals surface area contributed by atoms with E-state index in [9.17, 15) is 18.0 Å². The van der Waals surface area contributed by atoms with Crippen LogP contribution in [-0.4, -0.2) is 40.2 Å². The SMILES string of the molecule is O=C(O[C@]12CC[C@@H](C[C@@H](Oc3cccnn3)C1)N2)C(F)(F)F. The average molecular weight is 317 g/mol. The Morgan fingerprint density at radius 1 is 1.45 bits per heavy atom. The van der Waals surface area contributed by atoms with E-state index in [0.29, 0.717) is 25.1 Å². The van der Waals surface area contributed by atoms with Gasteiger partial charge in [0.15, 0.2) is 5.72 Å². The van der Waals surface area contributed by atoms with Crippen LogP contribution in [0.25, 0.3) is 0 Å². The number of nitrogens with one attached hydrogen (secondary N) is 1. The molecule has 0 unspecified atom stereocenters. The maximum absolute atomic E-state index is 12.4. The van der Waals surface area contributed by atoms with Crippen LogP contribution in [0.1, 0.15) is 25.7 Å². The second-order valence-corrected chi connectivity index (χ2v) is 5.50. The molecule has 1 N–H and O–H groups in total. The van der Waals surface area contributed by atoms with Gasteiger partial charge in [0.05, 0.1) is 0 Å². The molecule has 2 aliphatic heterocycles. The first-order valence-electron chi connectivity index (χ1n) is 6.89. The van der Waals surface area contributed by atoms with E-state index < -0.39 is 17.9 Å². The topological polar surface area (TPSA) is 73.3 Å². The summed E-state index contributed by atoms with van der Waals surface area (Å²) < 4.78 is 47.6. The van der Waals surface area contributed by atoms with Crippen molar-refractivity contribution in [2.24, 2.45) is 0 Å². The molecule has 3 heterocycles. The molecule has 120 valence electrons. The van der Waals surface area contributed by atoms with Crippen LogP contribution < -0.4 is 10.1 Å². The Labute approximate surface area is 124 Å². The molecule has 9 heteroatoms. The highest BCUT2D eigenvalue weighted by Crippen LogP contribution is 2.39. The zero-order valence-corrected chi connectivity index (χ0v) is 11.5. The van der Waals surface area contributed by atoms with Gasteiger partial charge in [0.1, 0.15) is 6.10 Å². The summed E-state index contributed by atoms with van der Waals surface area (Å²) in [6, 6.07) is 3.22. The molecule has 1 aromatic rings. The van der Waals surface area contributed by atoms with Crippen LogP contribution in [-0.2, 0) is 9.53 Å². The number of carbonyl (C=O) groups excluding carboxylic acids is 1. The highest BCUT2D eigenvalue weighted by atomic mass is 19.4. The fraction of sp³-hybridized carbons (Fsp3) is 0.615. The maximum Gasteiger partial charge on any atom is 0.490 e. The Morgan fingerprint density at radius 3 is 2.95 bits per heavy atom. The number of hydrogen-bond acceptors (Lipinski definition) is 6. The minimum atomic E-state index is -5.01. The molecule has 22 heavy (non-hydrogen) atoms. The molecule has 3 atom stereocenters. The minimum Gasteiger partial charge on any atom is -0.473 e. The normalized spacial score (nSPS) is 30.9. The summed E-state index contributed by atoms with van der Waals surface area (Å²) >= 11 is 0. The van der Waals surface area contributed by atoms with Crippen molar-refractivity contribution in [2.45, 2.75) is 49.7 Å². The quantitative estimate of drug-likeness (QED) is 0.853. The molecule has 0 radical (unpaired) electrons. The highest BCUT2D eigenvalue weighted by Gasteiger charge is 2.53. The van der Waals surface area contributed by atoms with Crippen LogP contribution in [0.4, 0.5) is 13.2 Å². The van der Waals surface area contributed by atoms with Gasteiger partial charge in [-0.25, -0.2) is 4.79 Å². The third-order valence-corrected chi connectivity index (χ3v) is 3.82. The maximum atomic E-state index is 12.4. The van der Waals surface area contributed by atoms with Crippen LogP contribution in [0.3, 0.4) is 0 Å². The lowest BCUT2D eigenvalue weighted by atomic mass is 9.99. The summed E-state index contributed by atoms with van der Waals surface area (Å²) in [4.78, 5) is 11.1. The summed E-state index contributed by atoms with van der Waals surface area (Å²) in [5.74, 6) is -1.88. The molecule has 2 bridgehead atoms. The number of hydrogen-bond donors (Lipinski definition) is 1. The van der Waals surface area contributed by atoms with Gasteiger partial charge in [0.25, 0.3) is 0 Å². The first-order chi connectivity index (χ1) is 10.4. The monoisotopic (exact) mass is 317 g/mol. The molecule has 2 saturated heterocycles. The molecular formula is C13H14F3N3O3. The molecule has 1 aromatic heterocycles. The van der Waals surface area contributed by atoms with Gasteiger partial charge in [-0.1, -0.05) is 0 Å². The van der Waals surface area contributed by atoms with Crippen LogP contribution in [0, 0.1) is 0 Å². The zero-order chi connectivity index (χ0) is 15.8. The van der Waals surface area contributed by atoms with Gasteiger partial charge in [-0.15, -0.1) is 5.10 Å². The van der Waals surface area contributed by atoms with E-state index in [2.05, 4.69) is 15.5 Å². The van der Waals surface area contributed by atoms with Crippen molar-refractivity contribution in [2.75, 3.05) is 0 Å². The van der Waals surface area contributed by atoms with E-state index in [4.69, 9.17) is 9.47 Å². The van der Waals surface area contributed by atoms with Gasteiger partial charge >= 0.3 is 12.1 Å². The van der Waals surface area contributed by atoms with Gasteiger partial charge in [-0.3, -0.25) is 5.32 Å². The number of halogens is 3. The fourth-order valence-electron chi connectivity index (χ4n) is 3.00. The van der Waals surface area contributed by atoms with Gasteiger partial charge in [-0.2, -0.15) is 18.3 Å². The molecule has 0 spiro atoms. The molecule has 0 saturated carbocycles. The van der Waals surface area contributed by atoms with Crippen molar-refractivity contribution in [3.05, 3.63) is 18.3 Å². The minimum absolute atomic E-state index is 0.0449. The number of piperidine rings is 1. The van der Waals surface area contributed by atoms with Crippen LogP contribution in [0.5, 0.6) is 5.88 Å². The number of rotatable bonds is 3. The van der Waals surface area contributed by atoms with E-state index in [1.54, 1.807) is 12.1 Å². The summed E-state index contributed by atoms with van der Waals surface area (Å²) in [6.45, 7) is 0. The molecule has 2 aliphatic rings. The molecule has 6 nitrogen and oxygen atoms in total. The smallest absolute Gasteiger partial charge is 0.473 e. The fourth-order valence-corrected chi connectivity index (χ4v) is 3.00. The zero-order valence-electron chi connectivity index (χ0n) is 11.5. The van der Waals surface area contributed by atoms with Gasteiger partial charge < -0.3 is 9.47 Å². The van der Waals surface area contributed by atoms with Crippen molar-refractivity contribution < 1.29 is 27.4 Å². The molecule has 0 aromatic carbocycles. The number of carbonyl (C=O) groups is 1. The lowest BCUT2D eigenvalue weighted by Crippen LogP contribution is -2.56. The third kappa shape index (κ3) is 3.13. The molecule has 0 amide bonds. The average Bonchev–Trinajstić information content (AvgIpc) is 2.74. The van der Waals surface area contributed by atoms with Crippen LogP contribution >= 0.6 is 0 Å². The molecule has 3 rings (SSSR count). The Kier molecular flexibility index (Phi) is 3.67. The number of fused-ring (bicyclic) bond motifs is 2. The van der Waals surface area contributed by atoms with E-state index in [1.165, 1.54) is 6.20 Å². The number of nitrogens with zero attached hydrogens (tertiary/aromatic N) is 2. The lowest BCUT2D eigenvalue weighted by molar-refractivity contribution is -0.219. The van der Waals surface area contributed by atoms with E-state index in [0.717, 1.165) is 0 Å². The first-order valence-corrected chi connectivity index (χ1v) is 6.89. The van der Waals surface area contributed by atoms with Crippen molar-refractivity contribution in [3.63, 3.8) is 0 Å². The van der Waals surface area contributed by atoms with Crippen LogP contribution in [0.15, 0.2) is 18.3 Å². The van der Waals surface area contributed by atoms with E-state index in [1.807, 2.05) is 0 Å². The van der Waals surface area contributed by atoms with Crippen molar-refractivity contribution in [1.82, 2.24) is 15.5 Å². The number of ether oxygens (including phenoxy) is 2. The van der Waals surface area contributed by atoms with Crippen molar-refractivity contribution in [3.8, 4) is 5.88 Å². The predicted octanol–water partition coefficient (Wildman–Crippen LogP) is 1.57.